The van der Waals surface area contributed by atoms with Gasteiger partial charge in [0.15, 0.2) is 0 Å². The van der Waals surface area contributed by atoms with Crippen LogP contribution < -0.4 is 11.2 Å². The van der Waals surface area contributed by atoms with Gasteiger partial charge in [-0.1, -0.05) is 20.8 Å². The van der Waals surface area contributed by atoms with Gasteiger partial charge in [-0.2, -0.15) is 0 Å². The molecular formula is C16H32N3O7P. The summed E-state index contributed by atoms with van der Waals surface area (Å²) in [5, 5.41) is 9.29. The molecule has 1 unspecified atom stereocenters. The van der Waals surface area contributed by atoms with Gasteiger partial charge in [-0.25, -0.2) is 4.79 Å². The molecule has 4 N–H and O–H groups in total. The molecule has 0 amide bonds. The Hall–Kier alpha value is -1.29. The van der Waals surface area contributed by atoms with Crippen LogP contribution in [0.2, 0.25) is 0 Å². The lowest BCUT2D eigenvalue weighted by Crippen LogP contribution is -2.43. The van der Waals surface area contributed by atoms with E-state index < -0.39 is 37.4 Å². The lowest BCUT2D eigenvalue weighted by Gasteiger charge is -2.28. The highest BCUT2D eigenvalue weighted by atomic mass is 31.2. The predicted octanol–water partition coefficient (Wildman–Crippen LogP) is 0.0959. The van der Waals surface area contributed by atoms with Gasteiger partial charge in [0.1, 0.15) is 11.9 Å². The molecule has 158 valence electrons. The van der Waals surface area contributed by atoms with Gasteiger partial charge < -0.3 is 24.5 Å². The molecule has 1 aromatic rings. The number of hydrogen-bond acceptors (Lipinski definition) is 6. The van der Waals surface area contributed by atoms with Gasteiger partial charge >= 0.3 is 13.3 Å². The summed E-state index contributed by atoms with van der Waals surface area (Å²) in [4.78, 5) is 44.8. The van der Waals surface area contributed by atoms with E-state index in [4.69, 9.17) is 14.5 Å². The number of aryl methyl sites for hydroxylation is 1. The van der Waals surface area contributed by atoms with Gasteiger partial charge in [0.25, 0.3) is 5.56 Å². The molecule has 0 saturated heterocycles. The van der Waals surface area contributed by atoms with Gasteiger partial charge in [-0.3, -0.25) is 18.9 Å². The highest BCUT2D eigenvalue weighted by Crippen LogP contribution is 2.35. The second-order valence-corrected chi connectivity index (χ2v) is 7.95. The summed E-state index contributed by atoms with van der Waals surface area (Å²) in [6.45, 7) is 12.3. The van der Waals surface area contributed by atoms with Crippen molar-refractivity contribution in [2.24, 2.45) is 0 Å². The fourth-order valence-corrected chi connectivity index (χ4v) is 2.63. The molecule has 0 aliphatic heterocycles. The first-order valence-corrected chi connectivity index (χ1v) is 10.5. The maximum absolute atomic E-state index is 11.6. The Morgan fingerprint density at radius 2 is 1.74 bits per heavy atom. The normalized spacial score (nSPS) is 13.8. The molecule has 0 fully saturated rings. The molecule has 1 atom stereocenters. The number of aromatic nitrogens is 2. The van der Waals surface area contributed by atoms with Crippen LogP contribution in [-0.4, -0.2) is 67.5 Å². The number of rotatable bonds is 9. The summed E-state index contributed by atoms with van der Waals surface area (Å²) in [7, 11) is -4.39. The van der Waals surface area contributed by atoms with E-state index in [-0.39, 0.29) is 6.54 Å². The van der Waals surface area contributed by atoms with Crippen LogP contribution in [0.15, 0.2) is 15.8 Å². The van der Waals surface area contributed by atoms with Gasteiger partial charge in [0, 0.05) is 11.8 Å². The van der Waals surface area contributed by atoms with E-state index in [1.807, 2.05) is 0 Å². The Bertz CT molecular complexity index is 718. The molecule has 0 aromatic carbocycles. The fraction of sp³-hybridized carbons (Fsp3) is 0.750. The number of aromatic amines is 1. The van der Waals surface area contributed by atoms with Crippen LogP contribution in [0.5, 0.6) is 0 Å². The number of hydrogen-bond donors (Lipinski definition) is 4. The summed E-state index contributed by atoms with van der Waals surface area (Å²) in [5.74, 6) is 0. The molecule has 11 heteroatoms. The van der Waals surface area contributed by atoms with Crippen molar-refractivity contribution in [1.82, 2.24) is 14.5 Å². The number of ether oxygens (including phenoxy) is 1. The topological polar surface area (TPSA) is 145 Å². The first-order valence-electron chi connectivity index (χ1n) is 8.73. The van der Waals surface area contributed by atoms with Gasteiger partial charge in [-0.15, -0.1) is 0 Å². The third-order valence-corrected chi connectivity index (χ3v) is 4.42. The van der Waals surface area contributed by atoms with Gasteiger partial charge in [-0.05, 0) is 33.5 Å². The minimum atomic E-state index is -4.39. The summed E-state index contributed by atoms with van der Waals surface area (Å²) in [5.41, 5.74) is -2.29. The fourth-order valence-electron chi connectivity index (χ4n) is 2.15. The van der Waals surface area contributed by atoms with E-state index in [0.717, 1.165) is 4.57 Å². The zero-order chi connectivity index (χ0) is 21.3. The van der Waals surface area contributed by atoms with E-state index in [1.54, 1.807) is 0 Å². The largest absolute Gasteiger partial charge is 0.393 e. The highest BCUT2D eigenvalue weighted by molar-refractivity contribution is 7.51. The summed E-state index contributed by atoms with van der Waals surface area (Å²) in [6, 6.07) is 0. The molecular weight excluding hydrogens is 377 g/mol. The van der Waals surface area contributed by atoms with Crippen LogP contribution in [0, 0.1) is 6.92 Å². The SMILES string of the molecule is CCN(CC)CC.Cc1cn(CC(C)(CO)OCP(=O)(O)O)c(=O)[nH]c1=O. The zero-order valence-corrected chi connectivity index (χ0v) is 17.5. The lowest BCUT2D eigenvalue weighted by atomic mass is 10.1. The maximum atomic E-state index is 11.6. The summed E-state index contributed by atoms with van der Waals surface area (Å²) < 4.78 is 16.9. The molecule has 0 spiro atoms. The molecule has 0 saturated carbocycles. The Morgan fingerprint density at radius 3 is 2.11 bits per heavy atom. The molecule has 1 rings (SSSR count). The van der Waals surface area contributed by atoms with Crippen molar-refractivity contribution in [1.29, 1.82) is 0 Å². The van der Waals surface area contributed by atoms with E-state index >= 15 is 0 Å². The van der Waals surface area contributed by atoms with Crippen molar-refractivity contribution < 1.29 is 24.2 Å². The highest BCUT2D eigenvalue weighted by Gasteiger charge is 2.29. The maximum Gasteiger partial charge on any atom is 0.351 e. The van der Waals surface area contributed by atoms with Crippen LogP contribution in [0.3, 0.4) is 0 Å². The van der Waals surface area contributed by atoms with Crippen molar-refractivity contribution >= 4 is 7.60 Å². The molecule has 0 aliphatic carbocycles. The average molecular weight is 409 g/mol. The minimum absolute atomic E-state index is 0.167. The zero-order valence-electron chi connectivity index (χ0n) is 16.6. The third-order valence-electron chi connectivity index (χ3n) is 3.95. The van der Waals surface area contributed by atoms with Gasteiger partial charge in [0.2, 0.25) is 0 Å². The molecule has 10 nitrogen and oxygen atoms in total. The second kappa shape index (κ2) is 11.5. The summed E-state index contributed by atoms with van der Waals surface area (Å²) in [6.07, 6.45) is 0.414. The summed E-state index contributed by atoms with van der Waals surface area (Å²) >= 11 is 0. The van der Waals surface area contributed by atoms with Crippen molar-refractivity contribution in [2.45, 2.75) is 46.8 Å². The lowest BCUT2D eigenvalue weighted by molar-refractivity contribution is -0.0636. The van der Waals surface area contributed by atoms with Crippen molar-refractivity contribution in [3.8, 4) is 0 Å². The smallest absolute Gasteiger partial charge is 0.351 e. The van der Waals surface area contributed by atoms with Crippen molar-refractivity contribution in [3.05, 3.63) is 32.6 Å². The number of nitrogens with zero attached hydrogens (tertiary/aromatic N) is 2. The first kappa shape index (κ1) is 25.7. The Kier molecular flexibility index (Phi) is 11.0. The van der Waals surface area contributed by atoms with E-state index in [2.05, 4.69) is 30.7 Å². The molecule has 1 heterocycles. The number of aliphatic hydroxyl groups excluding tert-OH is 1. The quantitative estimate of drug-likeness (QED) is 0.420. The number of H-pyrrole nitrogens is 1. The van der Waals surface area contributed by atoms with Crippen molar-refractivity contribution in [3.63, 3.8) is 0 Å². The van der Waals surface area contributed by atoms with Crippen LogP contribution in [0.1, 0.15) is 33.3 Å². The molecule has 0 bridgehead atoms. The van der Waals surface area contributed by atoms with Crippen LogP contribution in [0.4, 0.5) is 0 Å². The minimum Gasteiger partial charge on any atom is -0.393 e. The van der Waals surface area contributed by atoms with Crippen LogP contribution >= 0.6 is 7.60 Å². The molecule has 1 aromatic heterocycles. The third kappa shape index (κ3) is 9.99. The van der Waals surface area contributed by atoms with E-state index in [9.17, 15) is 19.3 Å². The first-order chi connectivity index (χ1) is 12.4. The Balaban J connectivity index is 0.000000821. The van der Waals surface area contributed by atoms with Gasteiger partial charge in [0.05, 0.1) is 13.2 Å². The second-order valence-electron chi connectivity index (χ2n) is 6.36. The van der Waals surface area contributed by atoms with E-state index in [1.165, 1.54) is 39.7 Å². The predicted molar refractivity (Wildman–Crippen MR) is 103 cm³/mol. The Morgan fingerprint density at radius 1 is 1.22 bits per heavy atom. The standard InChI is InChI=1S/C10H17N2O7P.C6H15N/c1-7-3-12(9(15)11-8(7)14)4-10(2,5-13)19-6-20(16,17)18;1-4-7(5-2)6-3/h3,13H,4-6H2,1-2H3,(H,11,14,15)(H2,16,17,18);4-6H2,1-3H3. The van der Waals surface area contributed by atoms with Crippen LogP contribution in [0.25, 0.3) is 0 Å². The number of aliphatic hydroxyl groups is 1. The molecule has 0 aliphatic rings. The van der Waals surface area contributed by atoms with Crippen molar-refractivity contribution in [2.75, 3.05) is 32.6 Å². The average Bonchev–Trinajstić information content (AvgIpc) is 2.59. The Labute approximate surface area is 159 Å². The number of nitrogens with one attached hydrogen (secondary N) is 1. The molecule has 0 radical (unpaired) electrons. The monoisotopic (exact) mass is 409 g/mol. The molecule has 27 heavy (non-hydrogen) atoms. The van der Waals surface area contributed by atoms with Crippen LogP contribution in [-0.2, 0) is 15.8 Å². The van der Waals surface area contributed by atoms with E-state index in [0.29, 0.717) is 5.56 Å².